The number of H-pyrrole nitrogens is 1. The number of aromatic amines is 1. The Bertz CT molecular complexity index is 4140. The normalized spacial score (nSPS) is 17.3. The smallest absolute Gasteiger partial charge is 0.293 e. The second-order valence-corrected chi connectivity index (χ2v) is 27.9. The van der Waals surface area contributed by atoms with Crippen LogP contribution in [0.3, 0.4) is 0 Å². The van der Waals surface area contributed by atoms with Gasteiger partial charge in [0.15, 0.2) is 0 Å². The number of anilines is 3. The van der Waals surface area contributed by atoms with Crippen LogP contribution in [0.25, 0.3) is 22.2 Å². The highest BCUT2D eigenvalue weighted by Gasteiger charge is 2.40. The molecule has 0 saturated carbocycles. The van der Waals surface area contributed by atoms with Crippen LogP contribution in [0.2, 0.25) is 5.02 Å². The maximum Gasteiger partial charge on any atom is 0.293 e. The van der Waals surface area contributed by atoms with E-state index in [0.29, 0.717) is 159 Å². The van der Waals surface area contributed by atoms with E-state index in [1.807, 2.05) is 48.5 Å². The zero-order chi connectivity index (χ0) is 70.1. The largest absolute Gasteiger partial charge is 0.493 e. The van der Waals surface area contributed by atoms with Gasteiger partial charge in [-0.2, -0.15) is 0 Å². The number of rotatable bonds is 34. The summed E-state index contributed by atoms with van der Waals surface area (Å²) in [7, 11) is -4.62. The Morgan fingerprint density at radius 2 is 1.47 bits per heavy atom. The van der Waals surface area contributed by atoms with Crippen LogP contribution in [-0.4, -0.2) is 199 Å². The number of nitrogens with zero attached hydrogens (tertiary/aromatic N) is 6. The average Bonchev–Trinajstić information content (AvgIpc) is 1.64. The van der Waals surface area contributed by atoms with Gasteiger partial charge in [-0.05, 0) is 141 Å². The highest BCUT2D eigenvalue weighted by Crippen LogP contribution is 2.38. The number of hydrogen-bond acceptors (Lipinski definition) is 21. The number of carbonyl (C=O) groups excluding carboxylic acids is 4. The van der Waals surface area contributed by atoms with E-state index < -0.39 is 43.4 Å². The molecule has 7 aromatic rings. The number of carbonyl (C=O) groups is 4. The van der Waals surface area contributed by atoms with Crippen molar-refractivity contribution in [2.75, 3.05) is 147 Å². The van der Waals surface area contributed by atoms with Crippen molar-refractivity contribution in [1.29, 1.82) is 0 Å². The van der Waals surface area contributed by atoms with Gasteiger partial charge in [0.2, 0.25) is 11.8 Å². The highest BCUT2D eigenvalue weighted by atomic mass is 35.5. The van der Waals surface area contributed by atoms with Crippen LogP contribution in [0.15, 0.2) is 126 Å². The summed E-state index contributed by atoms with van der Waals surface area (Å²) in [5.41, 5.74) is 6.45. The van der Waals surface area contributed by atoms with Crippen molar-refractivity contribution in [3.05, 3.63) is 159 Å². The number of fused-ring (bicyclic) bond motifs is 2. The lowest BCUT2D eigenvalue weighted by Gasteiger charge is -2.37. The van der Waals surface area contributed by atoms with E-state index >= 15 is 0 Å². The number of hydrogen-bond donors (Lipinski definition) is 5. The van der Waals surface area contributed by atoms with Gasteiger partial charge in [0, 0.05) is 142 Å². The van der Waals surface area contributed by atoms with Crippen LogP contribution in [0.4, 0.5) is 22.7 Å². The van der Waals surface area contributed by atoms with Crippen LogP contribution < -0.4 is 35.0 Å². The van der Waals surface area contributed by atoms with Crippen molar-refractivity contribution in [2.45, 2.75) is 69.0 Å². The van der Waals surface area contributed by atoms with Gasteiger partial charge < -0.3 is 63.5 Å². The summed E-state index contributed by atoms with van der Waals surface area (Å²) < 4.78 is 71.6. The van der Waals surface area contributed by atoms with Crippen molar-refractivity contribution in [3.8, 4) is 28.4 Å². The minimum atomic E-state index is -4.62. The highest BCUT2D eigenvalue weighted by molar-refractivity contribution is 7.90. The lowest BCUT2D eigenvalue weighted by Crippen LogP contribution is -2.52. The number of piperazine rings is 1. The van der Waals surface area contributed by atoms with Crippen molar-refractivity contribution in [1.82, 2.24) is 34.7 Å². The van der Waals surface area contributed by atoms with Gasteiger partial charge in [0.1, 0.15) is 34.6 Å². The molecule has 5 N–H and O–H groups in total. The molecule has 4 saturated heterocycles. The molecule has 4 amide bonds. The first-order valence-electron chi connectivity index (χ1n) is 34.6. The third kappa shape index (κ3) is 19.1. The van der Waals surface area contributed by atoms with Crippen molar-refractivity contribution >= 4 is 79.0 Å². The molecule has 0 radical (unpaired) electrons. The van der Waals surface area contributed by atoms with E-state index in [4.69, 9.17) is 44.8 Å². The van der Waals surface area contributed by atoms with Gasteiger partial charge in [-0.3, -0.25) is 39.5 Å². The second kappa shape index (κ2) is 34.7. The number of benzene rings is 5. The predicted octanol–water partition coefficient (Wildman–Crippen LogP) is 9.28. The Morgan fingerprint density at radius 3 is 2.22 bits per heavy atom. The quantitative estimate of drug-likeness (QED) is 0.0109. The van der Waals surface area contributed by atoms with E-state index in [1.54, 1.807) is 35.4 Å². The Morgan fingerprint density at radius 1 is 0.733 bits per heavy atom. The summed E-state index contributed by atoms with van der Waals surface area (Å²) in [5.74, 6) is -0.0401. The first-order valence-corrected chi connectivity index (χ1v) is 36.5. The molecule has 2 aromatic heterocycles. The Hall–Kier alpha value is -8.77. The van der Waals surface area contributed by atoms with E-state index in [2.05, 4.69) is 57.5 Å². The number of piperidine rings is 2. The summed E-state index contributed by atoms with van der Waals surface area (Å²) in [5, 5.41) is 22.5. The number of halogens is 1. The standard InChI is InChI=1S/C73H86ClN11O15S/c74-54-10-8-52(9-11-54)58-4-2-7-67(99-49-51-19-26-81(27-20-51)25-3-32-94-36-38-97-40-41-98-39-37-96-35-24-75-63-6-1-5-59-61(63)48-84(73(59)89)65-16-17-69(86)79-72(65)88)62(58)47-82-28-30-83(31-29-82)55-12-14-60(68(43-55)100-56-42-53-18-23-76-70(53)78-46-56)71(87)80-101(92,93)57-13-15-64(66(44-57)85(90)91)77-45-50-21-33-95-34-22-50/h1-2,4-15,18,23,42-44,46,50-51,65,75,77H,3,16-17,19-22,24-41,45,47-49H2,(H,76,78)(H,80,87)(H,79,86,88). The summed E-state index contributed by atoms with van der Waals surface area (Å²) in [6, 6.07) is 31.1. The van der Waals surface area contributed by atoms with Crippen molar-refractivity contribution < 1.29 is 65.7 Å². The average molecular weight is 1430 g/mol. The summed E-state index contributed by atoms with van der Waals surface area (Å²) in [6.45, 7) is 13.1. The molecule has 0 bridgehead atoms. The maximum atomic E-state index is 14.2. The molecule has 101 heavy (non-hydrogen) atoms. The zero-order valence-electron chi connectivity index (χ0n) is 56.4. The summed E-state index contributed by atoms with van der Waals surface area (Å²) in [6.07, 6.45) is 8.37. The number of ether oxygens (including phenoxy) is 7. The molecule has 7 heterocycles. The number of nitro benzene ring substituents is 1. The molecule has 5 aromatic carbocycles. The van der Waals surface area contributed by atoms with Crippen LogP contribution in [-0.2, 0) is 56.4 Å². The molecule has 0 aliphatic carbocycles. The fourth-order valence-corrected chi connectivity index (χ4v) is 14.5. The van der Waals surface area contributed by atoms with Crippen LogP contribution in [0.1, 0.15) is 76.8 Å². The minimum absolute atomic E-state index is 0.0740. The minimum Gasteiger partial charge on any atom is -0.493 e. The third-order valence-corrected chi connectivity index (χ3v) is 20.6. The molecule has 5 aliphatic heterocycles. The van der Waals surface area contributed by atoms with E-state index in [-0.39, 0.29) is 41.2 Å². The Labute approximate surface area is 591 Å². The molecular weight excluding hydrogens is 1340 g/mol. The molecule has 28 heteroatoms. The van der Waals surface area contributed by atoms with Crippen LogP contribution in [0, 0.1) is 22.0 Å². The molecule has 1 unspecified atom stereocenters. The fraction of sp³-hybridized carbons (Fsp3) is 0.438. The molecule has 4 fully saturated rings. The lowest BCUT2D eigenvalue weighted by molar-refractivity contribution is -0.384. The first-order chi connectivity index (χ1) is 49.2. The summed E-state index contributed by atoms with van der Waals surface area (Å²) >= 11 is 6.39. The SMILES string of the molecule is O=C1CCC(N2Cc3c(NCCOCCOCCOCCOCCCN4CCC(COc5cccc(-c6ccc(Cl)cc6)c5CN5CCN(c6ccc(C(=O)NS(=O)(=O)c7ccc(NCC8CCOCC8)c([N+](=O)[O-])c7)c(Oc7cnc8[nH]ccc8c7)c6)CC5)CC4)cccc3C2=O)C(=O)N1. The van der Waals surface area contributed by atoms with Crippen LogP contribution in [0.5, 0.6) is 17.2 Å². The van der Waals surface area contributed by atoms with Gasteiger partial charge in [-0.15, -0.1) is 0 Å². The predicted molar refractivity (Wildman–Crippen MR) is 380 cm³/mol. The number of pyridine rings is 1. The molecule has 5 aliphatic rings. The van der Waals surface area contributed by atoms with Gasteiger partial charge in [0.25, 0.3) is 27.5 Å². The van der Waals surface area contributed by atoms with Gasteiger partial charge >= 0.3 is 0 Å². The fourth-order valence-electron chi connectivity index (χ4n) is 13.4. The van der Waals surface area contributed by atoms with Crippen molar-refractivity contribution in [2.24, 2.45) is 11.8 Å². The zero-order valence-corrected chi connectivity index (χ0v) is 58.0. The topological polar surface area (TPSA) is 300 Å². The number of imide groups is 1. The second-order valence-electron chi connectivity index (χ2n) is 25.8. The molecule has 0 spiro atoms. The molecule has 26 nitrogen and oxygen atoms in total. The van der Waals surface area contributed by atoms with Crippen molar-refractivity contribution in [3.63, 3.8) is 0 Å². The van der Waals surface area contributed by atoms with Gasteiger partial charge in [-0.25, -0.2) is 18.1 Å². The molecular formula is C73H86ClN11O15S. The first kappa shape index (κ1) is 72.0. The van der Waals surface area contributed by atoms with E-state index in [9.17, 15) is 37.7 Å². The monoisotopic (exact) mass is 1420 g/mol. The number of nitrogens with one attached hydrogen (secondary N) is 5. The lowest BCUT2D eigenvalue weighted by atomic mass is 9.96. The number of likely N-dealkylation sites (tertiary alicyclic amines) is 1. The molecule has 12 rings (SSSR count). The number of aromatic nitrogens is 2. The molecule has 536 valence electrons. The van der Waals surface area contributed by atoms with E-state index in [1.165, 1.54) is 24.4 Å². The van der Waals surface area contributed by atoms with Gasteiger partial charge in [0.05, 0.1) is 74.4 Å². The Kier molecular flexibility index (Phi) is 24.8. The van der Waals surface area contributed by atoms with E-state index in [0.717, 1.165) is 103 Å². The number of amides is 4. The Balaban J connectivity index is 0.566. The molecule has 1 atom stereocenters. The summed E-state index contributed by atoms with van der Waals surface area (Å²) in [4.78, 5) is 78.7. The number of nitro groups is 1. The van der Waals surface area contributed by atoms with Crippen LogP contribution >= 0.6 is 11.6 Å². The number of sulfonamides is 1. The van der Waals surface area contributed by atoms with Gasteiger partial charge in [-0.1, -0.05) is 41.9 Å². The maximum absolute atomic E-state index is 14.2. The third-order valence-electron chi connectivity index (χ3n) is 19.1.